The third-order valence-electron chi connectivity index (χ3n) is 11.2. The van der Waals surface area contributed by atoms with Crippen molar-refractivity contribution in [2.24, 2.45) is 0 Å². The van der Waals surface area contributed by atoms with E-state index in [9.17, 15) is 0 Å². The number of para-hydroxylation sites is 2. The molecule has 1 nitrogen and oxygen atoms in total. The molecule has 1 aromatic heterocycles. The van der Waals surface area contributed by atoms with Crippen molar-refractivity contribution >= 4 is 43.4 Å². The molecule has 8 aromatic rings. The average molecular weight is 590 g/mol. The van der Waals surface area contributed by atoms with Gasteiger partial charge in [0, 0.05) is 16.2 Å². The molecule has 0 radical (unpaired) electrons. The molecule has 1 heteroatoms. The number of hydrogen-bond acceptors (Lipinski definition) is 0. The zero-order chi connectivity index (χ0) is 30.9. The van der Waals surface area contributed by atoms with Crippen molar-refractivity contribution in [3.05, 3.63) is 150 Å². The third-order valence-corrected chi connectivity index (χ3v) is 11.2. The Morgan fingerprint density at radius 2 is 1.26 bits per heavy atom. The highest BCUT2D eigenvalue weighted by molar-refractivity contribution is 6.17. The van der Waals surface area contributed by atoms with E-state index in [-0.39, 0.29) is 10.8 Å². The molecule has 0 saturated carbocycles. The van der Waals surface area contributed by atoms with Crippen molar-refractivity contribution in [3.63, 3.8) is 0 Å². The number of rotatable bonds is 1. The molecule has 0 spiro atoms. The Morgan fingerprint density at radius 3 is 2.11 bits per heavy atom. The summed E-state index contributed by atoms with van der Waals surface area (Å²) in [5.41, 5.74) is 14.9. The zero-order valence-corrected chi connectivity index (χ0v) is 26.8. The van der Waals surface area contributed by atoms with Crippen molar-refractivity contribution in [1.29, 1.82) is 0 Å². The van der Waals surface area contributed by atoms with Gasteiger partial charge in [-0.3, -0.25) is 0 Å². The molecule has 10 rings (SSSR count). The highest BCUT2D eigenvalue weighted by atomic mass is 15.0. The summed E-state index contributed by atoms with van der Waals surface area (Å²) in [6.07, 6.45) is 0.998. The Hall–Kier alpha value is -5.14. The molecular weight excluding hydrogens is 555 g/mol. The van der Waals surface area contributed by atoms with Crippen LogP contribution in [0.1, 0.15) is 49.9 Å². The Morgan fingerprint density at radius 1 is 0.522 bits per heavy atom. The summed E-state index contributed by atoms with van der Waals surface area (Å²) in [5, 5.41) is 7.96. The second-order valence-electron chi connectivity index (χ2n) is 14.7. The molecule has 0 fully saturated rings. The fourth-order valence-corrected chi connectivity index (χ4v) is 9.07. The SMILES string of the molecule is CC1(C)Cc2cccc3c4ccccc4n(c23)-c2cc3c(cc21)-c1c(cc2c(ccc4ccccc42)c1-c1ccccc1)C3(C)C. The molecule has 0 amide bonds. The van der Waals surface area contributed by atoms with E-state index in [1.54, 1.807) is 0 Å². The first-order valence-electron chi connectivity index (χ1n) is 16.6. The standard InChI is InChI=1S/C45H35N/c1-44(2)26-29-16-12-19-33-31-18-10-11-20-39(31)46(43(29)33)40-25-36-35(24-37(40)44)42-38(45(36,3)4)23-34-30-17-9-8-13-27(30)21-22-32(34)41(42)28-14-6-5-7-15-28/h5-25H,26H2,1-4H3. The molecule has 0 unspecified atom stereocenters. The third kappa shape index (κ3) is 3.25. The van der Waals surface area contributed by atoms with E-state index in [0.29, 0.717) is 0 Å². The minimum absolute atomic E-state index is 0.0500. The number of nitrogens with zero attached hydrogens (tertiary/aromatic N) is 1. The molecule has 0 atom stereocenters. The van der Waals surface area contributed by atoms with Crippen LogP contribution in [0.15, 0.2) is 127 Å². The molecule has 1 aliphatic carbocycles. The average Bonchev–Trinajstić information content (AvgIpc) is 3.48. The van der Waals surface area contributed by atoms with E-state index in [0.717, 1.165) is 6.42 Å². The maximum atomic E-state index is 2.59. The molecule has 2 heterocycles. The second kappa shape index (κ2) is 8.77. The maximum absolute atomic E-state index is 2.59. The van der Waals surface area contributed by atoms with Gasteiger partial charge in [0.15, 0.2) is 0 Å². The van der Waals surface area contributed by atoms with Gasteiger partial charge in [-0.2, -0.15) is 0 Å². The molecule has 220 valence electrons. The fourth-order valence-electron chi connectivity index (χ4n) is 9.07. The first kappa shape index (κ1) is 26.1. The summed E-state index contributed by atoms with van der Waals surface area (Å²) in [7, 11) is 0. The number of aromatic nitrogens is 1. The van der Waals surface area contributed by atoms with Crippen LogP contribution in [0.4, 0.5) is 0 Å². The van der Waals surface area contributed by atoms with E-state index in [1.165, 1.54) is 93.5 Å². The van der Waals surface area contributed by atoms with Crippen LogP contribution < -0.4 is 0 Å². The van der Waals surface area contributed by atoms with E-state index in [2.05, 4.69) is 160 Å². The van der Waals surface area contributed by atoms with E-state index < -0.39 is 0 Å². The van der Waals surface area contributed by atoms with Gasteiger partial charge in [-0.1, -0.05) is 131 Å². The van der Waals surface area contributed by atoms with Crippen LogP contribution in [0.3, 0.4) is 0 Å². The van der Waals surface area contributed by atoms with Crippen LogP contribution in [0.5, 0.6) is 0 Å². The number of fused-ring (bicyclic) bond motifs is 11. The Labute approximate surface area is 269 Å². The van der Waals surface area contributed by atoms with Crippen LogP contribution in [-0.2, 0) is 17.3 Å². The van der Waals surface area contributed by atoms with Crippen molar-refractivity contribution in [2.45, 2.75) is 44.9 Å². The molecule has 7 aromatic carbocycles. The topological polar surface area (TPSA) is 4.93 Å². The van der Waals surface area contributed by atoms with Crippen LogP contribution in [-0.4, -0.2) is 4.57 Å². The van der Waals surface area contributed by atoms with Gasteiger partial charge in [0.1, 0.15) is 0 Å². The van der Waals surface area contributed by atoms with Crippen molar-refractivity contribution in [1.82, 2.24) is 4.57 Å². The molecular formula is C45H35N. The summed E-state index contributed by atoms with van der Waals surface area (Å²) in [6, 6.07) is 48.1. The van der Waals surface area contributed by atoms with Gasteiger partial charge in [0.05, 0.1) is 16.7 Å². The summed E-state index contributed by atoms with van der Waals surface area (Å²) >= 11 is 0. The Balaban J connectivity index is 1.37. The van der Waals surface area contributed by atoms with Gasteiger partial charge in [-0.25, -0.2) is 0 Å². The lowest BCUT2D eigenvalue weighted by Crippen LogP contribution is -2.22. The largest absolute Gasteiger partial charge is 0.309 e. The summed E-state index contributed by atoms with van der Waals surface area (Å²) in [4.78, 5) is 0. The summed E-state index contributed by atoms with van der Waals surface area (Å²) in [6.45, 7) is 9.76. The lowest BCUT2D eigenvalue weighted by Gasteiger charge is -2.29. The van der Waals surface area contributed by atoms with Gasteiger partial charge in [-0.15, -0.1) is 0 Å². The van der Waals surface area contributed by atoms with Crippen LogP contribution in [0, 0.1) is 0 Å². The first-order chi connectivity index (χ1) is 22.3. The van der Waals surface area contributed by atoms with Crippen LogP contribution >= 0.6 is 0 Å². The van der Waals surface area contributed by atoms with Gasteiger partial charge in [0.25, 0.3) is 0 Å². The Bertz CT molecular complexity index is 2590. The smallest absolute Gasteiger partial charge is 0.0573 e. The molecule has 0 bridgehead atoms. The Kier molecular flexibility index (Phi) is 4.98. The van der Waals surface area contributed by atoms with Gasteiger partial charge in [0.2, 0.25) is 0 Å². The molecule has 0 N–H and O–H groups in total. The normalized spacial score (nSPS) is 15.7. The van der Waals surface area contributed by atoms with E-state index in [1.807, 2.05) is 0 Å². The number of benzene rings is 7. The van der Waals surface area contributed by atoms with Crippen molar-refractivity contribution in [3.8, 4) is 27.9 Å². The first-order valence-corrected chi connectivity index (χ1v) is 16.6. The number of hydrogen-bond donors (Lipinski definition) is 0. The fraction of sp³-hybridized carbons (Fsp3) is 0.156. The minimum atomic E-state index is -0.174. The van der Waals surface area contributed by atoms with E-state index in [4.69, 9.17) is 0 Å². The quantitative estimate of drug-likeness (QED) is 0.168. The van der Waals surface area contributed by atoms with Crippen LogP contribution in [0.25, 0.3) is 71.3 Å². The van der Waals surface area contributed by atoms with E-state index >= 15 is 0 Å². The molecule has 46 heavy (non-hydrogen) atoms. The van der Waals surface area contributed by atoms with Gasteiger partial charge < -0.3 is 4.57 Å². The maximum Gasteiger partial charge on any atom is 0.0573 e. The lowest BCUT2D eigenvalue weighted by atomic mass is 9.76. The lowest BCUT2D eigenvalue weighted by molar-refractivity contribution is 0.526. The zero-order valence-electron chi connectivity index (χ0n) is 26.8. The monoisotopic (exact) mass is 589 g/mol. The molecule has 2 aliphatic rings. The summed E-state index contributed by atoms with van der Waals surface area (Å²) in [5.74, 6) is 0. The second-order valence-corrected chi connectivity index (χ2v) is 14.7. The predicted molar refractivity (Wildman–Crippen MR) is 196 cm³/mol. The van der Waals surface area contributed by atoms with Crippen molar-refractivity contribution < 1.29 is 0 Å². The van der Waals surface area contributed by atoms with Crippen molar-refractivity contribution in [2.75, 3.05) is 0 Å². The summed E-state index contributed by atoms with van der Waals surface area (Å²) < 4.78 is 2.59. The van der Waals surface area contributed by atoms with Crippen LogP contribution in [0.2, 0.25) is 0 Å². The van der Waals surface area contributed by atoms with Gasteiger partial charge in [-0.05, 0) is 102 Å². The highest BCUT2D eigenvalue weighted by Gasteiger charge is 2.41. The highest BCUT2D eigenvalue weighted by Crippen LogP contribution is 2.57. The molecule has 0 saturated heterocycles. The predicted octanol–water partition coefficient (Wildman–Crippen LogP) is 11.9. The van der Waals surface area contributed by atoms with Gasteiger partial charge >= 0.3 is 0 Å². The molecule has 1 aliphatic heterocycles. The minimum Gasteiger partial charge on any atom is -0.309 e.